The van der Waals surface area contributed by atoms with Crippen molar-refractivity contribution < 1.29 is 0 Å². The third-order valence-corrected chi connectivity index (χ3v) is 3.88. The summed E-state index contributed by atoms with van der Waals surface area (Å²) < 4.78 is 0. The van der Waals surface area contributed by atoms with Crippen molar-refractivity contribution in [2.24, 2.45) is 5.41 Å². The number of pyridine rings is 1. The van der Waals surface area contributed by atoms with E-state index in [1.807, 2.05) is 19.9 Å². The van der Waals surface area contributed by atoms with Crippen LogP contribution in [0.5, 0.6) is 0 Å². The Bertz CT molecular complexity index is 487. The van der Waals surface area contributed by atoms with E-state index in [1.54, 1.807) is 0 Å². The molecule has 2 rings (SSSR count). The van der Waals surface area contributed by atoms with Crippen molar-refractivity contribution in [3.8, 4) is 6.07 Å². The van der Waals surface area contributed by atoms with Crippen molar-refractivity contribution in [2.75, 3.05) is 18.0 Å². The topological polar surface area (TPSA) is 39.9 Å². The largest absolute Gasteiger partial charge is 0.370 e. The van der Waals surface area contributed by atoms with Gasteiger partial charge in [0.05, 0.1) is 16.9 Å². The average molecular weight is 243 g/mol. The number of rotatable bonds is 1. The molecule has 0 aliphatic carbocycles. The molecule has 3 nitrogen and oxygen atoms in total. The fraction of sp³-hybridized carbons (Fsp3) is 0.600. The maximum atomic E-state index is 9.31. The molecule has 18 heavy (non-hydrogen) atoms. The fourth-order valence-electron chi connectivity index (χ4n) is 2.55. The summed E-state index contributed by atoms with van der Waals surface area (Å²) in [5, 5.41) is 9.31. The standard InChI is InChI=1S/C15H21N3/c1-11-9-14(13(10-16)12(2)17-11)18-7-5-15(3,4)6-8-18/h9H,5-8H2,1-4H3. The SMILES string of the molecule is Cc1cc(N2CCC(C)(C)CC2)c(C#N)c(C)n1. The van der Waals surface area contributed by atoms with Gasteiger partial charge in [-0.2, -0.15) is 5.26 Å². The maximum absolute atomic E-state index is 9.31. The highest BCUT2D eigenvalue weighted by atomic mass is 15.1. The van der Waals surface area contributed by atoms with Gasteiger partial charge >= 0.3 is 0 Å². The number of nitriles is 1. The molecule has 1 aromatic heterocycles. The van der Waals surface area contributed by atoms with Gasteiger partial charge in [0, 0.05) is 18.8 Å². The maximum Gasteiger partial charge on any atom is 0.103 e. The predicted molar refractivity (Wildman–Crippen MR) is 73.7 cm³/mol. The zero-order valence-corrected chi connectivity index (χ0v) is 11.7. The Balaban J connectivity index is 2.32. The van der Waals surface area contributed by atoms with Gasteiger partial charge in [0.1, 0.15) is 6.07 Å². The Hall–Kier alpha value is -1.56. The van der Waals surface area contributed by atoms with Crippen molar-refractivity contribution in [1.29, 1.82) is 5.26 Å². The summed E-state index contributed by atoms with van der Waals surface area (Å²) in [6.45, 7) is 10.6. The number of aryl methyl sites for hydroxylation is 2. The average Bonchev–Trinajstić information content (AvgIpc) is 2.28. The van der Waals surface area contributed by atoms with Crippen molar-refractivity contribution >= 4 is 5.69 Å². The van der Waals surface area contributed by atoms with E-state index in [4.69, 9.17) is 0 Å². The van der Waals surface area contributed by atoms with Gasteiger partial charge in [0.2, 0.25) is 0 Å². The highest BCUT2D eigenvalue weighted by Crippen LogP contribution is 2.33. The van der Waals surface area contributed by atoms with Crippen LogP contribution in [0.3, 0.4) is 0 Å². The van der Waals surface area contributed by atoms with Gasteiger partial charge in [-0.25, -0.2) is 0 Å². The molecule has 0 atom stereocenters. The summed E-state index contributed by atoms with van der Waals surface area (Å²) >= 11 is 0. The lowest BCUT2D eigenvalue weighted by molar-refractivity contribution is 0.280. The molecular weight excluding hydrogens is 222 g/mol. The molecule has 0 radical (unpaired) electrons. The summed E-state index contributed by atoms with van der Waals surface area (Å²) in [7, 11) is 0. The third kappa shape index (κ3) is 2.48. The van der Waals surface area contributed by atoms with E-state index < -0.39 is 0 Å². The lowest BCUT2D eigenvalue weighted by Crippen LogP contribution is -2.37. The third-order valence-electron chi connectivity index (χ3n) is 3.88. The van der Waals surface area contributed by atoms with Crippen LogP contribution in [0.25, 0.3) is 0 Å². The van der Waals surface area contributed by atoms with E-state index >= 15 is 0 Å². The summed E-state index contributed by atoms with van der Waals surface area (Å²) in [4.78, 5) is 6.72. The Kier molecular flexibility index (Phi) is 3.30. The number of piperidine rings is 1. The molecule has 1 aliphatic rings. The first-order chi connectivity index (χ1) is 8.43. The number of anilines is 1. The van der Waals surface area contributed by atoms with E-state index in [1.165, 1.54) is 12.8 Å². The summed E-state index contributed by atoms with van der Waals surface area (Å²) in [6.07, 6.45) is 2.36. The summed E-state index contributed by atoms with van der Waals surface area (Å²) in [6, 6.07) is 4.35. The van der Waals surface area contributed by atoms with E-state index in [0.717, 1.165) is 35.7 Å². The minimum atomic E-state index is 0.431. The minimum Gasteiger partial charge on any atom is -0.370 e. The van der Waals surface area contributed by atoms with Crippen LogP contribution >= 0.6 is 0 Å². The molecule has 0 saturated carbocycles. The second-order valence-electron chi connectivity index (χ2n) is 6.01. The van der Waals surface area contributed by atoms with Gasteiger partial charge < -0.3 is 4.90 Å². The Morgan fingerprint density at radius 3 is 2.44 bits per heavy atom. The van der Waals surface area contributed by atoms with Crippen LogP contribution in [0.2, 0.25) is 0 Å². The zero-order valence-electron chi connectivity index (χ0n) is 11.7. The van der Waals surface area contributed by atoms with Gasteiger partial charge in [-0.3, -0.25) is 4.98 Å². The fourth-order valence-corrected chi connectivity index (χ4v) is 2.55. The first kappa shape index (κ1) is 12.9. The van der Waals surface area contributed by atoms with E-state index in [-0.39, 0.29) is 0 Å². The van der Waals surface area contributed by atoms with Gasteiger partial charge in [-0.05, 0) is 38.2 Å². The smallest absolute Gasteiger partial charge is 0.103 e. The molecule has 0 N–H and O–H groups in total. The van der Waals surface area contributed by atoms with Crippen LogP contribution in [-0.2, 0) is 0 Å². The van der Waals surface area contributed by atoms with Gasteiger partial charge in [0.25, 0.3) is 0 Å². The van der Waals surface area contributed by atoms with Crippen molar-refractivity contribution in [2.45, 2.75) is 40.5 Å². The lowest BCUT2D eigenvalue weighted by Gasteiger charge is -2.38. The molecule has 1 aliphatic heterocycles. The van der Waals surface area contributed by atoms with Crippen LogP contribution < -0.4 is 4.90 Å². The second-order valence-corrected chi connectivity index (χ2v) is 6.01. The van der Waals surface area contributed by atoms with Crippen LogP contribution in [0, 0.1) is 30.6 Å². The molecular formula is C15H21N3. The second kappa shape index (κ2) is 4.61. The quantitative estimate of drug-likeness (QED) is 0.760. The Morgan fingerprint density at radius 1 is 1.28 bits per heavy atom. The van der Waals surface area contributed by atoms with Gasteiger partial charge in [-0.15, -0.1) is 0 Å². The monoisotopic (exact) mass is 243 g/mol. The van der Waals surface area contributed by atoms with Crippen LogP contribution in [0.1, 0.15) is 43.6 Å². The van der Waals surface area contributed by atoms with Crippen LogP contribution in [-0.4, -0.2) is 18.1 Å². The number of aromatic nitrogens is 1. The normalized spacial score (nSPS) is 18.5. The number of hydrogen-bond donors (Lipinski definition) is 0. The zero-order chi connectivity index (χ0) is 13.3. The van der Waals surface area contributed by atoms with E-state index in [0.29, 0.717) is 5.41 Å². The lowest BCUT2D eigenvalue weighted by atomic mass is 9.82. The Labute approximate surface area is 109 Å². The number of nitrogens with zero attached hydrogens (tertiary/aromatic N) is 3. The molecule has 0 spiro atoms. The molecule has 96 valence electrons. The first-order valence-corrected chi connectivity index (χ1v) is 6.56. The Morgan fingerprint density at radius 2 is 1.89 bits per heavy atom. The molecule has 1 aromatic rings. The summed E-state index contributed by atoms with van der Waals surface area (Å²) in [5.41, 5.74) is 4.07. The molecule has 0 bridgehead atoms. The number of hydrogen-bond acceptors (Lipinski definition) is 3. The van der Waals surface area contributed by atoms with E-state index in [9.17, 15) is 5.26 Å². The van der Waals surface area contributed by atoms with Crippen LogP contribution in [0.4, 0.5) is 5.69 Å². The molecule has 1 saturated heterocycles. The van der Waals surface area contributed by atoms with Crippen molar-refractivity contribution in [1.82, 2.24) is 4.98 Å². The summed E-state index contributed by atoms with van der Waals surface area (Å²) in [5.74, 6) is 0. The van der Waals surface area contributed by atoms with Gasteiger partial charge in [0.15, 0.2) is 0 Å². The molecule has 0 amide bonds. The highest BCUT2D eigenvalue weighted by Gasteiger charge is 2.27. The molecule has 2 heterocycles. The highest BCUT2D eigenvalue weighted by molar-refractivity contribution is 5.61. The minimum absolute atomic E-state index is 0.431. The van der Waals surface area contributed by atoms with Crippen molar-refractivity contribution in [3.63, 3.8) is 0 Å². The molecule has 3 heteroatoms. The molecule has 0 unspecified atom stereocenters. The predicted octanol–water partition coefficient (Wildman–Crippen LogP) is 3.20. The first-order valence-electron chi connectivity index (χ1n) is 6.56. The molecule has 0 aromatic carbocycles. The van der Waals surface area contributed by atoms with Crippen molar-refractivity contribution in [3.05, 3.63) is 23.0 Å². The molecule has 1 fully saturated rings. The van der Waals surface area contributed by atoms with E-state index in [2.05, 4.69) is 29.8 Å². The van der Waals surface area contributed by atoms with Crippen LogP contribution in [0.15, 0.2) is 6.07 Å². The van der Waals surface area contributed by atoms with Gasteiger partial charge in [-0.1, -0.05) is 13.8 Å².